The molecule has 33 heavy (non-hydrogen) atoms. The van der Waals surface area contributed by atoms with Gasteiger partial charge in [-0.05, 0) is 35.9 Å². The smallest absolute Gasteiger partial charge is 0.182 e. The van der Waals surface area contributed by atoms with E-state index in [-0.39, 0.29) is 11.0 Å². The number of benzene rings is 2. The number of nitrogens with one attached hydrogen (secondary N) is 1. The standard InChI is InChI=1S/C24H20ClN3O4S/c1-33(29,30)15-2-3-17-16(4-7-27-21(17)11-15)18-10-14(25)8-13-9-22(31-23(13)18)24-19-12-26-6-5-20(19)28-32-24/h2-4,7-8,10-11,22,26H,5-6,9,12H2,1H3/t22-/m1/s1. The third kappa shape index (κ3) is 3.49. The lowest BCUT2D eigenvalue weighted by Crippen LogP contribution is -2.24. The lowest BCUT2D eigenvalue weighted by Gasteiger charge is -2.15. The molecule has 9 heteroatoms. The van der Waals surface area contributed by atoms with E-state index in [1.807, 2.05) is 18.2 Å². The number of hydrogen-bond acceptors (Lipinski definition) is 7. The van der Waals surface area contributed by atoms with E-state index in [0.29, 0.717) is 17.0 Å². The maximum Gasteiger partial charge on any atom is 0.182 e. The second kappa shape index (κ2) is 7.55. The minimum absolute atomic E-state index is 0.232. The van der Waals surface area contributed by atoms with Crippen LogP contribution in [0.1, 0.15) is 28.7 Å². The Labute approximate surface area is 195 Å². The number of rotatable bonds is 3. The van der Waals surface area contributed by atoms with E-state index in [2.05, 4.69) is 15.5 Å². The molecule has 1 N–H and O–H groups in total. The average molecular weight is 482 g/mol. The van der Waals surface area contributed by atoms with E-state index in [4.69, 9.17) is 20.9 Å². The van der Waals surface area contributed by atoms with Gasteiger partial charge in [0.05, 0.1) is 16.1 Å². The Morgan fingerprint density at radius 3 is 2.88 bits per heavy atom. The maximum absolute atomic E-state index is 12.0. The highest BCUT2D eigenvalue weighted by atomic mass is 35.5. The number of hydrogen-bond donors (Lipinski definition) is 1. The highest BCUT2D eigenvalue weighted by Crippen LogP contribution is 2.47. The number of sulfone groups is 1. The Bertz CT molecular complexity index is 1530. The normalized spacial score (nSPS) is 17.6. The van der Waals surface area contributed by atoms with Crippen LogP contribution in [0.25, 0.3) is 22.0 Å². The molecule has 1 atom stereocenters. The zero-order chi connectivity index (χ0) is 22.7. The molecule has 0 aliphatic carbocycles. The number of nitrogens with zero attached hydrogens (tertiary/aromatic N) is 2. The number of pyridine rings is 1. The van der Waals surface area contributed by atoms with Crippen molar-refractivity contribution in [1.82, 2.24) is 15.5 Å². The van der Waals surface area contributed by atoms with Crippen LogP contribution in [0, 0.1) is 0 Å². The van der Waals surface area contributed by atoms with E-state index in [1.165, 1.54) is 6.26 Å². The molecular weight excluding hydrogens is 462 g/mol. The third-order valence-corrected chi connectivity index (χ3v) is 7.59. The second-order valence-corrected chi connectivity index (χ2v) is 10.9. The summed E-state index contributed by atoms with van der Waals surface area (Å²) in [5, 5.41) is 9.05. The van der Waals surface area contributed by atoms with Crippen molar-refractivity contribution in [2.24, 2.45) is 0 Å². The molecule has 0 saturated heterocycles. The van der Waals surface area contributed by atoms with Crippen LogP contribution in [0.2, 0.25) is 5.02 Å². The number of ether oxygens (including phenoxy) is 1. The molecule has 6 rings (SSSR count). The van der Waals surface area contributed by atoms with Gasteiger partial charge in [-0.15, -0.1) is 0 Å². The van der Waals surface area contributed by atoms with Gasteiger partial charge in [-0.2, -0.15) is 0 Å². The fraction of sp³-hybridized carbons (Fsp3) is 0.250. The molecule has 0 amide bonds. The van der Waals surface area contributed by atoms with Crippen molar-refractivity contribution in [1.29, 1.82) is 0 Å². The zero-order valence-corrected chi connectivity index (χ0v) is 19.3. The van der Waals surface area contributed by atoms with E-state index < -0.39 is 9.84 Å². The van der Waals surface area contributed by atoms with Crippen LogP contribution >= 0.6 is 11.6 Å². The number of aromatic nitrogens is 2. The average Bonchev–Trinajstić information content (AvgIpc) is 3.41. The molecule has 4 heterocycles. The van der Waals surface area contributed by atoms with Crippen molar-refractivity contribution in [3.05, 3.63) is 70.2 Å². The summed E-state index contributed by atoms with van der Waals surface area (Å²) >= 11 is 6.51. The SMILES string of the molecule is CS(=O)(=O)c1ccc2c(-c3cc(Cl)cc4c3O[C@@H](c3onc5c3CNCC5)C4)ccnc2c1. The summed E-state index contributed by atoms with van der Waals surface area (Å²) in [6, 6.07) is 10.7. The van der Waals surface area contributed by atoms with Crippen molar-refractivity contribution in [3.8, 4) is 16.9 Å². The lowest BCUT2D eigenvalue weighted by atomic mass is 9.97. The van der Waals surface area contributed by atoms with Gasteiger partial charge in [-0.1, -0.05) is 22.8 Å². The minimum Gasteiger partial charge on any atom is -0.481 e. The van der Waals surface area contributed by atoms with Crippen LogP contribution in [0.3, 0.4) is 0 Å². The maximum atomic E-state index is 12.0. The van der Waals surface area contributed by atoms with E-state index in [0.717, 1.165) is 64.4 Å². The molecule has 0 unspecified atom stereocenters. The Hall–Kier alpha value is -2.94. The first-order valence-corrected chi connectivity index (χ1v) is 12.9. The monoisotopic (exact) mass is 481 g/mol. The van der Waals surface area contributed by atoms with Gasteiger partial charge in [0.1, 0.15) is 5.75 Å². The molecule has 0 spiro atoms. The van der Waals surface area contributed by atoms with Crippen LogP contribution in [0.4, 0.5) is 0 Å². The van der Waals surface area contributed by atoms with Gasteiger partial charge in [0.25, 0.3) is 0 Å². The molecule has 0 radical (unpaired) electrons. The van der Waals surface area contributed by atoms with Gasteiger partial charge < -0.3 is 14.6 Å². The Balaban J connectivity index is 1.46. The molecule has 168 valence electrons. The Morgan fingerprint density at radius 1 is 1.15 bits per heavy atom. The van der Waals surface area contributed by atoms with Gasteiger partial charge in [0, 0.05) is 65.5 Å². The first-order valence-electron chi connectivity index (χ1n) is 10.6. The predicted octanol–water partition coefficient (Wildman–Crippen LogP) is 4.27. The largest absolute Gasteiger partial charge is 0.481 e. The fourth-order valence-corrected chi connectivity index (χ4v) is 5.56. The summed E-state index contributed by atoms with van der Waals surface area (Å²) in [5.41, 5.74) is 5.37. The van der Waals surface area contributed by atoms with E-state index >= 15 is 0 Å². The summed E-state index contributed by atoms with van der Waals surface area (Å²) in [4.78, 5) is 4.63. The van der Waals surface area contributed by atoms with Crippen LogP contribution in [0.15, 0.2) is 52.0 Å². The van der Waals surface area contributed by atoms with E-state index in [9.17, 15) is 8.42 Å². The molecule has 0 bridgehead atoms. The van der Waals surface area contributed by atoms with Crippen molar-refractivity contribution in [3.63, 3.8) is 0 Å². The third-order valence-electron chi connectivity index (χ3n) is 6.26. The first kappa shape index (κ1) is 20.7. The van der Waals surface area contributed by atoms with Crippen LogP contribution < -0.4 is 10.1 Å². The Morgan fingerprint density at radius 2 is 2.03 bits per heavy atom. The predicted molar refractivity (Wildman–Crippen MR) is 124 cm³/mol. The van der Waals surface area contributed by atoms with Gasteiger partial charge >= 0.3 is 0 Å². The van der Waals surface area contributed by atoms with Crippen LogP contribution in [-0.2, 0) is 29.2 Å². The van der Waals surface area contributed by atoms with Crippen molar-refractivity contribution < 1.29 is 17.7 Å². The van der Waals surface area contributed by atoms with Gasteiger partial charge in [-0.3, -0.25) is 4.98 Å². The van der Waals surface area contributed by atoms with E-state index in [1.54, 1.807) is 24.4 Å². The quantitative estimate of drug-likeness (QED) is 0.467. The lowest BCUT2D eigenvalue weighted by molar-refractivity contribution is 0.189. The molecule has 0 fully saturated rings. The van der Waals surface area contributed by atoms with Crippen LogP contribution in [0.5, 0.6) is 5.75 Å². The topological polar surface area (TPSA) is 94.3 Å². The van der Waals surface area contributed by atoms with Gasteiger partial charge in [0.2, 0.25) is 0 Å². The summed E-state index contributed by atoms with van der Waals surface area (Å²) in [7, 11) is -3.34. The summed E-state index contributed by atoms with van der Waals surface area (Å²) in [6.07, 6.45) is 4.05. The molecule has 2 aliphatic heterocycles. The zero-order valence-electron chi connectivity index (χ0n) is 17.8. The highest BCUT2D eigenvalue weighted by Gasteiger charge is 2.34. The molecular formula is C24H20ClN3O4S. The summed E-state index contributed by atoms with van der Waals surface area (Å²) in [6.45, 7) is 1.61. The molecule has 7 nitrogen and oxygen atoms in total. The minimum atomic E-state index is -3.34. The Kier molecular flexibility index (Phi) is 4.72. The van der Waals surface area contributed by atoms with Gasteiger partial charge in [0.15, 0.2) is 21.7 Å². The summed E-state index contributed by atoms with van der Waals surface area (Å²) < 4.78 is 36.2. The van der Waals surface area contributed by atoms with Crippen LogP contribution in [-0.4, -0.2) is 31.4 Å². The summed E-state index contributed by atoms with van der Waals surface area (Å²) in [5.74, 6) is 1.51. The highest BCUT2D eigenvalue weighted by molar-refractivity contribution is 7.90. The van der Waals surface area contributed by atoms with Gasteiger partial charge in [-0.25, -0.2) is 8.42 Å². The molecule has 0 saturated carbocycles. The molecule has 2 aromatic carbocycles. The molecule has 4 aromatic rings. The second-order valence-electron chi connectivity index (χ2n) is 8.46. The van der Waals surface area contributed by atoms with Crippen molar-refractivity contribution >= 4 is 32.3 Å². The molecule has 2 aliphatic rings. The molecule has 2 aromatic heterocycles. The number of halogens is 1. The van der Waals surface area contributed by atoms with Crippen molar-refractivity contribution in [2.75, 3.05) is 12.8 Å². The number of fused-ring (bicyclic) bond motifs is 3. The van der Waals surface area contributed by atoms with Crippen molar-refractivity contribution in [2.45, 2.75) is 30.4 Å². The first-order chi connectivity index (χ1) is 15.9. The fourth-order valence-electron chi connectivity index (χ4n) is 4.68.